The van der Waals surface area contributed by atoms with Crippen LogP contribution in [0.2, 0.25) is 4.34 Å². The molecule has 96 valence electrons. The van der Waals surface area contributed by atoms with Gasteiger partial charge in [-0.25, -0.2) is 0 Å². The van der Waals surface area contributed by atoms with Gasteiger partial charge in [0.15, 0.2) is 0 Å². The molecule has 0 unspecified atom stereocenters. The SMILES string of the molecule is NCCN(Cc1ccccc1)Cc1ccc(Cl)s1. The van der Waals surface area contributed by atoms with Crippen LogP contribution in [0, 0.1) is 0 Å². The Balaban J connectivity index is 1.99. The summed E-state index contributed by atoms with van der Waals surface area (Å²) in [6.45, 7) is 3.40. The summed E-state index contributed by atoms with van der Waals surface area (Å²) in [6, 6.07) is 14.5. The first-order chi connectivity index (χ1) is 8.78. The largest absolute Gasteiger partial charge is 0.329 e. The molecule has 0 aliphatic rings. The summed E-state index contributed by atoms with van der Waals surface area (Å²) in [4.78, 5) is 3.63. The summed E-state index contributed by atoms with van der Waals surface area (Å²) in [6.07, 6.45) is 0. The summed E-state index contributed by atoms with van der Waals surface area (Å²) in [5.74, 6) is 0. The fraction of sp³-hybridized carbons (Fsp3) is 0.286. The van der Waals surface area contributed by atoms with E-state index >= 15 is 0 Å². The topological polar surface area (TPSA) is 29.3 Å². The zero-order valence-electron chi connectivity index (χ0n) is 10.2. The van der Waals surface area contributed by atoms with Gasteiger partial charge in [0, 0.05) is 31.1 Å². The maximum Gasteiger partial charge on any atom is 0.0931 e. The van der Waals surface area contributed by atoms with Crippen LogP contribution in [0.1, 0.15) is 10.4 Å². The number of nitrogens with zero attached hydrogens (tertiary/aromatic N) is 1. The molecule has 0 saturated carbocycles. The van der Waals surface area contributed by atoms with Crippen molar-refractivity contribution in [3.05, 3.63) is 57.2 Å². The monoisotopic (exact) mass is 280 g/mol. The van der Waals surface area contributed by atoms with Gasteiger partial charge in [-0.2, -0.15) is 0 Å². The van der Waals surface area contributed by atoms with Gasteiger partial charge in [0.25, 0.3) is 0 Å². The van der Waals surface area contributed by atoms with Crippen molar-refractivity contribution in [2.24, 2.45) is 5.73 Å². The molecule has 4 heteroatoms. The normalized spacial score (nSPS) is 11.1. The molecule has 0 atom stereocenters. The molecule has 1 aromatic carbocycles. The molecular formula is C14H17ClN2S. The lowest BCUT2D eigenvalue weighted by Gasteiger charge is -2.20. The minimum atomic E-state index is 0.673. The molecule has 1 heterocycles. The molecule has 0 amide bonds. The van der Waals surface area contributed by atoms with E-state index in [9.17, 15) is 0 Å². The van der Waals surface area contributed by atoms with E-state index < -0.39 is 0 Å². The molecule has 2 rings (SSSR count). The number of thiophene rings is 1. The van der Waals surface area contributed by atoms with Gasteiger partial charge in [-0.15, -0.1) is 11.3 Å². The predicted octanol–water partition coefficient (Wildman–Crippen LogP) is 3.36. The number of halogens is 1. The molecule has 2 N–H and O–H groups in total. The Hall–Kier alpha value is -0.870. The quantitative estimate of drug-likeness (QED) is 0.879. The van der Waals surface area contributed by atoms with Crippen molar-refractivity contribution in [2.75, 3.05) is 13.1 Å². The van der Waals surface area contributed by atoms with E-state index in [-0.39, 0.29) is 0 Å². The van der Waals surface area contributed by atoms with E-state index in [0.717, 1.165) is 24.0 Å². The molecule has 0 radical (unpaired) electrons. The first-order valence-corrected chi connectivity index (χ1v) is 7.18. The van der Waals surface area contributed by atoms with Crippen molar-refractivity contribution in [2.45, 2.75) is 13.1 Å². The first-order valence-electron chi connectivity index (χ1n) is 5.98. The Morgan fingerprint density at radius 3 is 2.44 bits per heavy atom. The number of nitrogens with two attached hydrogens (primary N) is 1. The van der Waals surface area contributed by atoms with E-state index in [1.165, 1.54) is 10.4 Å². The van der Waals surface area contributed by atoms with Crippen LogP contribution in [0.4, 0.5) is 0 Å². The molecule has 0 saturated heterocycles. The van der Waals surface area contributed by atoms with Crippen molar-refractivity contribution in [3.8, 4) is 0 Å². The second kappa shape index (κ2) is 6.90. The fourth-order valence-corrected chi connectivity index (χ4v) is 3.03. The molecule has 0 spiro atoms. The molecule has 18 heavy (non-hydrogen) atoms. The highest BCUT2D eigenvalue weighted by molar-refractivity contribution is 7.16. The van der Waals surface area contributed by atoms with Gasteiger partial charge >= 0.3 is 0 Å². The van der Waals surface area contributed by atoms with Crippen LogP contribution in [-0.2, 0) is 13.1 Å². The van der Waals surface area contributed by atoms with Crippen LogP contribution in [0.25, 0.3) is 0 Å². The van der Waals surface area contributed by atoms with Crippen LogP contribution in [0.15, 0.2) is 42.5 Å². The molecule has 0 aliphatic heterocycles. The summed E-state index contributed by atoms with van der Waals surface area (Å²) < 4.78 is 0.845. The Morgan fingerprint density at radius 1 is 1.06 bits per heavy atom. The number of hydrogen-bond donors (Lipinski definition) is 1. The summed E-state index contributed by atoms with van der Waals surface area (Å²) in [5.41, 5.74) is 6.99. The molecule has 0 aliphatic carbocycles. The van der Waals surface area contributed by atoms with Crippen molar-refractivity contribution in [3.63, 3.8) is 0 Å². The summed E-state index contributed by atoms with van der Waals surface area (Å²) >= 11 is 7.59. The third-order valence-electron chi connectivity index (χ3n) is 2.70. The predicted molar refractivity (Wildman–Crippen MR) is 78.9 cm³/mol. The Bertz CT molecular complexity index is 470. The lowest BCUT2D eigenvalue weighted by molar-refractivity contribution is 0.267. The summed E-state index contributed by atoms with van der Waals surface area (Å²) in [7, 11) is 0. The zero-order chi connectivity index (χ0) is 12.8. The van der Waals surface area contributed by atoms with Crippen LogP contribution in [0.3, 0.4) is 0 Å². The fourth-order valence-electron chi connectivity index (χ4n) is 1.90. The highest BCUT2D eigenvalue weighted by Crippen LogP contribution is 2.23. The second-order valence-electron chi connectivity index (χ2n) is 4.19. The highest BCUT2D eigenvalue weighted by atomic mass is 35.5. The molecular weight excluding hydrogens is 264 g/mol. The lowest BCUT2D eigenvalue weighted by atomic mass is 10.2. The van der Waals surface area contributed by atoms with Gasteiger partial charge in [0.2, 0.25) is 0 Å². The van der Waals surface area contributed by atoms with Gasteiger partial charge in [-0.3, -0.25) is 4.90 Å². The van der Waals surface area contributed by atoms with E-state index in [1.807, 2.05) is 12.1 Å². The average Bonchev–Trinajstić information content (AvgIpc) is 2.76. The van der Waals surface area contributed by atoms with Crippen molar-refractivity contribution in [1.29, 1.82) is 0 Å². The molecule has 0 bridgehead atoms. The molecule has 2 aromatic rings. The molecule has 2 nitrogen and oxygen atoms in total. The third-order valence-corrected chi connectivity index (χ3v) is 3.92. The molecule has 1 aromatic heterocycles. The maximum absolute atomic E-state index is 5.96. The number of rotatable bonds is 6. The van der Waals surface area contributed by atoms with Crippen molar-refractivity contribution in [1.82, 2.24) is 4.90 Å². The van der Waals surface area contributed by atoms with Crippen LogP contribution >= 0.6 is 22.9 Å². The van der Waals surface area contributed by atoms with Crippen LogP contribution in [-0.4, -0.2) is 18.0 Å². The Kier molecular flexibility index (Phi) is 5.20. The maximum atomic E-state index is 5.96. The van der Waals surface area contributed by atoms with Crippen molar-refractivity contribution >= 4 is 22.9 Å². The van der Waals surface area contributed by atoms with Crippen molar-refractivity contribution < 1.29 is 0 Å². The standard InChI is InChI=1S/C14H17ClN2S/c15-14-7-6-13(18-14)11-17(9-8-16)10-12-4-2-1-3-5-12/h1-7H,8-11,16H2. The van der Waals surface area contributed by atoms with Crippen LogP contribution < -0.4 is 5.73 Å². The van der Waals surface area contributed by atoms with Gasteiger partial charge in [-0.1, -0.05) is 41.9 Å². The first kappa shape index (κ1) is 13.6. The minimum absolute atomic E-state index is 0.673. The van der Waals surface area contributed by atoms with Gasteiger partial charge < -0.3 is 5.73 Å². The highest BCUT2D eigenvalue weighted by Gasteiger charge is 2.07. The number of benzene rings is 1. The van der Waals surface area contributed by atoms with Gasteiger partial charge in [0.1, 0.15) is 0 Å². The van der Waals surface area contributed by atoms with Gasteiger partial charge in [0.05, 0.1) is 4.34 Å². The minimum Gasteiger partial charge on any atom is -0.329 e. The van der Waals surface area contributed by atoms with E-state index in [1.54, 1.807) is 11.3 Å². The molecule has 0 fully saturated rings. The van der Waals surface area contributed by atoms with E-state index in [4.69, 9.17) is 17.3 Å². The zero-order valence-corrected chi connectivity index (χ0v) is 11.8. The summed E-state index contributed by atoms with van der Waals surface area (Å²) in [5, 5.41) is 0. The smallest absolute Gasteiger partial charge is 0.0931 e. The lowest BCUT2D eigenvalue weighted by Crippen LogP contribution is -2.28. The van der Waals surface area contributed by atoms with Gasteiger partial charge in [-0.05, 0) is 17.7 Å². The average molecular weight is 281 g/mol. The van der Waals surface area contributed by atoms with Crippen LogP contribution in [0.5, 0.6) is 0 Å². The third kappa shape index (κ3) is 4.10. The second-order valence-corrected chi connectivity index (χ2v) is 5.99. The van der Waals surface area contributed by atoms with E-state index in [2.05, 4.69) is 35.2 Å². The Morgan fingerprint density at radius 2 is 1.83 bits per heavy atom. The number of hydrogen-bond acceptors (Lipinski definition) is 3. The van der Waals surface area contributed by atoms with E-state index in [0.29, 0.717) is 6.54 Å². The Labute approximate surface area is 117 Å².